The third-order valence-corrected chi connectivity index (χ3v) is 2.91. The van der Waals surface area contributed by atoms with Crippen molar-refractivity contribution in [2.75, 3.05) is 5.73 Å². The van der Waals surface area contributed by atoms with E-state index in [4.69, 9.17) is 5.73 Å². The number of aromatic hydroxyl groups is 1. The van der Waals surface area contributed by atoms with E-state index in [9.17, 15) is 5.11 Å². The van der Waals surface area contributed by atoms with Gasteiger partial charge in [0.2, 0.25) is 5.78 Å². The maximum atomic E-state index is 9.83. The molecule has 2 aromatic heterocycles. The number of anilines is 1. The first-order valence-corrected chi connectivity index (χ1v) is 5.75. The van der Waals surface area contributed by atoms with E-state index in [0.29, 0.717) is 22.9 Å². The number of benzene rings is 1. The lowest BCUT2D eigenvalue weighted by molar-refractivity contribution is 0.477. The number of para-hydroxylation sites is 1. The number of fused-ring (bicyclic) bond motifs is 1. The van der Waals surface area contributed by atoms with Crippen LogP contribution in [0.5, 0.6) is 5.75 Å². The smallest absolute Gasteiger partial charge is 0.236 e. The van der Waals surface area contributed by atoms with Crippen molar-refractivity contribution in [3.63, 3.8) is 0 Å². The van der Waals surface area contributed by atoms with Gasteiger partial charge < -0.3 is 10.8 Å². The summed E-state index contributed by atoms with van der Waals surface area (Å²) < 4.78 is 1.76. The number of imidazole rings is 1. The zero-order chi connectivity index (χ0) is 13.4. The molecule has 0 amide bonds. The Morgan fingerprint density at radius 3 is 2.74 bits per heavy atom. The van der Waals surface area contributed by atoms with E-state index >= 15 is 0 Å². The van der Waals surface area contributed by atoms with Gasteiger partial charge in [-0.05, 0) is 12.1 Å². The number of phenolic OH excluding ortho intramolecular Hbond substituents is 1. The number of hydrogen-bond acceptors (Lipinski definition) is 4. The van der Waals surface area contributed by atoms with Gasteiger partial charge in [0.05, 0.1) is 5.69 Å². The Bertz CT molecular complexity index is 776. The molecule has 0 saturated heterocycles. The predicted octanol–water partition coefficient (Wildman–Crippen LogP) is 2.33. The first-order chi connectivity index (χ1) is 9.19. The minimum Gasteiger partial charge on any atom is -0.507 e. The molecule has 1 aromatic carbocycles. The van der Waals surface area contributed by atoms with Crippen LogP contribution in [-0.4, -0.2) is 19.5 Å². The average molecular weight is 252 g/mol. The van der Waals surface area contributed by atoms with Crippen molar-refractivity contribution in [1.29, 1.82) is 0 Å². The molecule has 0 radical (unpaired) electrons. The third kappa shape index (κ3) is 1.81. The summed E-state index contributed by atoms with van der Waals surface area (Å²) in [7, 11) is 0. The van der Waals surface area contributed by atoms with E-state index in [1.807, 2.05) is 6.07 Å². The first-order valence-electron chi connectivity index (χ1n) is 5.75. The van der Waals surface area contributed by atoms with Crippen molar-refractivity contribution in [2.24, 2.45) is 0 Å². The minimum absolute atomic E-state index is 0.183. The van der Waals surface area contributed by atoms with Gasteiger partial charge in [0, 0.05) is 23.5 Å². The molecule has 3 aromatic rings. The maximum Gasteiger partial charge on any atom is 0.236 e. The second kappa shape index (κ2) is 4.13. The summed E-state index contributed by atoms with van der Waals surface area (Å²) in [6, 6.07) is 7.03. The molecule has 19 heavy (non-hydrogen) atoms. The van der Waals surface area contributed by atoms with Crippen LogP contribution in [0.2, 0.25) is 0 Å². The highest BCUT2D eigenvalue weighted by molar-refractivity contribution is 5.69. The Balaban J connectivity index is 2.22. The van der Waals surface area contributed by atoms with Gasteiger partial charge in [-0.2, -0.15) is 4.98 Å². The first kappa shape index (κ1) is 11.3. The van der Waals surface area contributed by atoms with Crippen molar-refractivity contribution in [3.05, 3.63) is 48.8 Å². The van der Waals surface area contributed by atoms with E-state index in [1.54, 1.807) is 41.1 Å². The van der Waals surface area contributed by atoms with E-state index in [-0.39, 0.29) is 5.75 Å². The molecule has 0 unspecified atom stereocenters. The van der Waals surface area contributed by atoms with Crippen molar-refractivity contribution >= 4 is 17.7 Å². The van der Waals surface area contributed by atoms with Crippen LogP contribution >= 0.6 is 0 Å². The molecule has 0 bridgehead atoms. The molecule has 0 atom stereocenters. The summed E-state index contributed by atoms with van der Waals surface area (Å²) in [6.07, 6.45) is 5.24. The van der Waals surface area contributed by atoms with Crippen molar-refractivity contribution in [3.8, 4) is 17.0 Å². The zero-order valence-electron chi connectivity index (χ0n) is 10.1. The van der Waals surface area contributed by atoms with Crippen LogP contribution in [-0.2, 0) is 0 Å². The Morgan fingerprint density at radius 1 is 1.21 bits per heavy atom. The Morgan fingerprint density at radius 2 is 2.00 bits per heavy atom. The van der Waals surface area contributed by atoms with Gasteiger partial charge in [0.25, 0.3) is 0 Å². The second-order valence-corrected chi connectivity index (χ2v) is 4.14. The summed E-state index contributed by atoms with van der Waals surface area (Å²) in [5.74, 6) is 1.06. The summed E-state index contributed by atoms with van der Waals surface area (Å²) in [5.41, 5.74) is 7.84. The normalized spacial score (nSPS) is 10.7. The van der Waals surface area contributed by atoms with E-state index in [2.05, 4.69) is 16.5 Å². The number of rotatable bonds is 2. The molecule has 0 aliphatic carbocycles. The molecule has 5 nitrogen and oxygen atoms in total. The molecular weight excluding hydrogens is 240 g/mol. The van der Waals surface area contributed by atoms with Gasteiger partial charge >= 0.3 is 0 Å². The molecule has 3 N–H and O–H groups in total. The van der Waals surface area contributed by atoms with Crippen LogP contribution in [0.1, 0.15) is 5.56 Å². The highest BCUT2D eigenvalue weighted by Crippen LogP contribution is 2.28. The Kier molecular flexibility index (Phi) is 2.45. The molecule has 0 aliphatic rings. The molecular formula is C14H12N4O. The van der Waals surface area contributed by atoms with Crippen LogP contribution in [0, 0.1) is 0 Å². The van der Waals surface area contributed by atoms with Crippen LogP contribution < -0.4 is 5.73 Å². The highest BCUT2D eigenvalue weighted by atomic mass is 16.3. The molecule has 2 heterocycles. The number of hydrogen-bond donors (Lipinski definition) is 2. The zero-order valence-corrected chi connectivity index (χ0v) is 10.1. The minimum atomic E-state index is 0.183. The Hall–Kier alpha value is -2.82. The van der Waals surface area contributed by atoms with Gasteiger partial charge in [-0.3, -0.25) is 4.40 Å². The third-order valence-electron chi connectivity index (χ3n) is 2.91. The van der Waals surface area contributed by atoms with E-state index in [0.717, 1.165) is 5.56 Å². The standard InChI is InChI=1S/C14H12N4O/c1-2-9-7-18-8-11(16-14(18)17-13(9)15)10-5-3-4-6-12(10)19/h2-8,19H,1H2,(H2,15,16,17). The van der Waals surface area contributed by atoms with Crippen LogP contribution in [0.4, 0.5) is 5.82 Å². The highest BCUT2D eigenvalue weighted by Gasteiger charge is 2.10. The van der Waals surface area contributed by atoms with E-state index in [1.165, 1.54) is 0 Å². The summed E-state index contributed by atoms with van der Waals surface area (Å²) in [6.45, 7) is 3.68. The number of nitrogens with zero attached hydrogens (tertiary/aromatic N) is 3. The molecule has 94 valence electrons. The van der Waals surface area contributed by atoms with Crippen molar-refractivity contribution in [2.45, 2.75) is 0 Å². The molecule has 5 heteroatoms. The number of aromatic nitrogens is 3. The topological polar surface area (TPSA) is 76.4 Å². The quantitative estimate of drug-likeness (QED) is 0.733. The summed E-state index contributed by atoms with van der Waals surface area (Å²) in [4.78, 5) is 8.56. The Labute approximate surface area is 109 Å². The van der Waals surface area contributed by atoms with Gasteiger partial charge in [0.15, 0.2) is 0 Å². The predicted molar refractivity (Wildman–Crippen MR) is 74.6 cm³/mol. The molecule has 0 aliphatic heterocycles. The molecule has 0 spiro atoms. The van der Waals surface area contributed by atoms with Gasteiger partial charge in [0.1, 0.15) is 11.6 Å². The van der Waals surface area contributed by atoms with Crippen LogP contribution in [0.15, 0.2) is 43.2 Å². The number of nitrogens with two attached hydrogens (primary N) is 1. The molecule has 0 saturated carbocycles. The van der Waals surface area contributed by atoms with Crippen molar-refractivity contribution < 1.29 is 5.11 Å². The van der Waals surface area contributed by atoms with Gasteiger partial charge in [-0.15, -0.1) is 0 Å². The van der Waals surface area contributed by atoms with Gasteiger partial charge in [-0.1, -0.05) is 24.8 Å². The fourth-order valence-electron chi connectivity index (χ4n) is 1.93. The number of nitrogen functional groups attached to an aromatic ring is 1. The maximum absolute atomic E-state index is 9.83. The number of phenols is 1. The monoisotopic (exact) mass is 252 g/mol. The fourth-order valence-corrected chi connectivity index (χ4v) is 1.93. The SMILES string of the molecule is C=Cc1cn2cc(-c3ccccc3O)nc2nc1N. The molecule has 0 fully saturated rings. The lowest BCUT2D eigenvalue weighted by Crippen LogP contribution is -1.97. The lowest BCUT2D eigenvalue weighted by Gasteiger charge is -1.99. The fraction of sp³-hybridized carbons (Fsp3) is 0. The van der Waals surface area contributed by atoms with Gasteiger partial charge in [-0.25, -0.2) is 4.98 Å². The summed E-state index contributed by atoms with van der Waals surface area (Å²) >= 11 is 0. The summed E-state index contributed by atoms with van der Waals surface area (Å²) in [5, 5.41) is 9.83. The largest absolute Gasteiger partial charge is 0.507 e. The van der Waals surface area contributed by atoms with Crippen molar-refractivity contribution in [1.82, 2.24) is 14.4 Å². The average Bonchev–Trinajstić information content (AvgIpc) is 2.80. The second-order valence-electron chi connectivity index (χ2n) is 4.14. The van der Waals surface area contributed by atoms with E-state index < -0.39 is 0 Å². The lowest BCUT2D eigenvalue weighted by atomic mass is 10.1. The molecule has 3 rings (SSSR count). The van der Waals surface area contributed by atoms with Crippen LogP contribution in [0.25, 0.3) is 23.1 Å². The van der Waals surface area contributed by atoms with Crippen LogP contribution in [0.3, 0.4) is 0 Å².